The van der Waals surface area contributed by atoms with Crippen molar-refractivity contribution in [3.05, 3.63) is 35.4 Å². The SMILES string of the molecule is CC(C)c1ccc(C(N)CNC(=O)[C@@H]2CSC(=O)N2)cc1. The molecule has 0 spiro atoms. The minimum absolute atomic E-state index is 0.149. The Morgan fingerprint density at radius 2 is 2.00 bits per heavy atom. The number of rotatable bonds is 5. The molecule has 1 aliphatic heterocycles. The maximum atomic E-state index is 11.9. The molecule has 6 heteroatoms. The molecule has 5 nitrogen and oxygen atoms in total. The van der Waals surface area contributed by atoms with E-state index in [1.165, 1.54) is 5.56 Å². The summed E-state index contributed by atoms with van der Waals surface area (Å²) in [5.74, 6) is 0.782. The quantitative estimate of drug-likeness (QED) is 0.774. The Hall–Kier alpha value is -1.53. The largest absolute Gasteiger partial charge is 0.352 e. The third kappa shape index (κ3) is 4.22. The van der Waals surface area contributed by atoms with Crippen LogP contribution in [0, 0.1) is 0 Å². The zero-order valence-electron chi connectivity index (χ0n) is 12.3. The molecular formula is C15H21N3O2S. The predicted molar refractivity (Wildman–Crippen MR) is 85.2 cm³/mol. The standard InChI is InChI=1S/C15H21N3O2S/c1-9(2)10-3-5-11(6-4-10)12(16)7-17-14(19)13-8-21-15(20)18-13/h3-6,9,12-13H,7-8,16H2,1-2H3,(H,17,19)(H,18,20)/t12?,13-/m0/s1. The number of carbonyl (C=O) groups excluding carboxylic acids is 2. The van der Waals surface area contributed by atoms with Crippen molar-refractivity contribution < 1.29 is 9.59 Å². The van der Waals surface area contributed by atoms with Gasteiger partial charge in [0.15, 0.2) is 0 Å². The highest BCUT2D eigenvalue weighted by molar-refractivity contribution is 8.14. The molecule has 0 aliphatic carbocycles. The number of thioether (sulfide) groups is 1. The molecule has 0 radical (unpaired) electrons. The minimum atomic E-state index is -0.446. The summed E-state index contributed by atoms with van der Waals surface area (Å²) in [6.45, 7) is 4.64. The molecule has 1 saturated heterocycles. The van der Waals surface area contributed by atoms with E-state index in [4.69, 9.17) is 5.73 Å². The maximum Gasteiger partial charge on any atom is 0.279 e. The molecule has 4 N–H and O–H groups in total. The first-order chi connectivity index (χ1) is 9.97. The molecule has 2 atom stereocenters. The zero-order valence-corrected chi connectivity index (χ0v) is 13.1. The molecule has 1 unspecified atom stereocenters. The van der Waals surface area contributed by atoms with E-state index in [1.807, 2.05) is 12.1 Å². The fourth-order valence-electron chi connectivity index (χ4n) is 2.11. The van der Waals surface area contributed by atoms with E-state index in [0.717, 1.165) is 17.3 Å². The van der Waals surface area contributed by atoms with Crippen LogP contribution in [0.15, 0.2) is 24.3 Å². The third-order valence-electron chi connectivity index (χ3n) is 3.52. The van der Waals surface area contributed by atoms with Gasteiger partial charge in [0, 0.05) is 18.3 Å². The zero-order chi connectivity index (χ0) is 15.4. The highest BCUT2D eigenvalue weighted by Crippen LogP contribution is 2.17. The molecule has 0 saturated carbocycles. The van der Waals surface area contributed by atoms with Crippen LogP contribution in [-0.2, 0) is 4.79 Å². The second-order valence-corrected chi connectivity index (χ2v) is 6.46. The molecule has 1 fully saturated rings. The van der Waals surface area contributed by atoms with Crippen molar-refractivity contribution in [1.29, 1.82) is 0 Å². The van der Waals surface area contributed by atoms with Crippen molar-refractivity contribution in [2.45, 2.75) is 31.8 Å². The number of nitrogens with two attached hydrogens (primary N) is 1. The summed E-state index contributed by atoms with van der Waals surface area (Å²) in [5, 5.41) is 5.25. The van der Waals surface area contributed by atoms with E-state index in [2.05, 4.69) is 36.6 Å². The van der Waals surface area contributed by atoms with Crippen molar-refractivity contribution in [3.63, 3.8) is 0 Å². The fraction of sp³-hybridized carbons (Fsp3) is 0.467. The smallest absolute Gasteiger partial charge is 0.279 e. The summed E-state index contributed by atoms with van der Waals surface area (Å²) in [5.41, 5.74) is 8.34. The van der Waals surface area contributed by atoms with Crippen LogP contribution in [0.25, 0.3) is 0 Å². The Morgan fingerprint density at radius 3 is 2.52 bits per heavy atom. The summed E-state index contributed by atoms with van der Waals surface area (Å²) in [4.78, 5) is 22.9. The second kappa shape index (κ2) is 6.95. The van der Waals surface area contributed by atoms with Gasteiger partial charge >= 0.3 is 0 Å². The first-order valence-corrected chi connectivity index (χ1v) is 8.02. The van der Waals surface area contributed by atoms with Gasteiger partial charge in [0.05, 0.1) is 0 Å². The Kier molecular flexibility index (Phi) is 5.25. The molecule has 21 heavy (non-hydrogen) atoms. The summed E-state index contributed by atoms with van der Waals surface area (Å²) in [6, 6.07) is 7.43. The predicted octanol–water partition coefficient (Wildman–Crippen LogP) is 1.75. The number of hydrogen-bond acceptors (Lipinski definition) is 4. The van der Waals surface area contributed by atoms with Crippen LogP contribution in [-0.4, -0.2) is 29.5 Å². The lowest BCUT2D eigenvalue weighted by atomic mass is 9.99. The lowest BCUT2D eigenvalue weighted by Gasteiger charge is -2.16. The van der Waals surface area contributed by atoms with Gasteiger partial charge in [-0.1, -0.05) is 49.9 Å². The van der Waals surface area contributed by atoms with E-state index < -0.39 is 6.04 Å². The molecular weight excluding hydrogens is 286 g/mol. The van der Waals surface area contributed by atoms with Gasteiger partial charge in [0.2, 0.25) is 5.91 Å². The lowest BCUT2D eigenvalue weighted by molar-refractivity contribution is -0.122. The molecule has 0 bridgehead atoms. The van der Waals surface area contributed by atoms with Crippen LogP contribution in [0.3, 0.4) is 0 Å². The molecule has 0 aromatic heterocycles. The van der Waals surface area contributed by atoms with Crippen LogP contribution in [0.2, 0.25) is 0 Å². The minimum Gasteiger partial charge on any atom is -0.352 e. The normalized spacial score (nSPS) is 19.4. The Morgan fingerprint density at radius 1 is 1.38 bits per heavy atom. The molecule has 1 aromatic rings. The van der Waals surface area contributed by atoms with Crippen LogP contribution in [0.4, 0.5) is 4.79 Å². The third-order valence-corrected chi connectivity index (χ3v) is 4.40. The molecule has 2 rings (SSSR count). The first kappa shape index (κ1) is 15.9. The summed E-state index contributed by atoms with van der Waals surface area (Å²) >= 11 is 1.13. The molecule has 1 aromatic carbocycles. The number of hydrogen-bond donors (Lipinski definition) is 3. The Labute approximate surface area is 129 Å². The van der Waals surface area contributed by atoms with Crippen molar-refractivity contribution in [1.82, 2.24) is 10.6 Å². The van der Waals surface area contributed by atoms with E-state index in [1.54, 1.807) is 0 Å². The monoisotopic (exact) mass is 307 g/mol. The highest BCUT2D eigenvalue weighted by Gasteiger charge is 2.27. The van der Waals surface area contributed by atoms with E-state index >= 15 is 0 Å². The fourth-order valence-corrected chi connectivity index (χ4v) is 2.88. The van der Waals surface area contributed by atoms with Crippen molar-refractivity contribution in [2.75, 3.05) is 12.3 Å². The first-order valence-electron chi connectivity index (χ1n) is 7.04. The average molecular weight is 307 g/mol. The maximum absolute atomic E-state index is 11.9. The Balaban J connectivity index is 1.85. The molecule has 1 heterocycles. The van der Waals surface area contributed by atoms with E-state index in [-0.39, 0.29) is 17.2 Å². The summed E-state index contributed by atoms with van der Waals surface area (Å²) < 4.78 is 0. The Bertz CT molecular complexity index is 516. The highest BCUT2D eigenvalue weighted by atomic mass is 32.2. The number of nitrogens with one attached hydrogen (secondary N) is 2. The van der Waals surface area contributed by atoms with E-state index in [0.29, 0.717) is 18.2 Å². The summed E-state index contributed by atoms with van der Waals surface area (Å²) in [6.07, 6.45) is 0. The van der Waals surface area contributed by atoms with Crippen LogP contribution in [0.5, 0.6) is 0 Å². The number of carbonyl (C=O) groups is 2. The van der Waals surface area contributed by atoms with Gasteiger partial charge in [0.1, 0.15) is 6.04 Å². The van der Waals surface area contributed by atoms with Crippen molar-refractivity contribution in [3.8, 4) is 0 Å². The average Bonchev–Trinajstić information content (AvgIpc) is 2.91. The van der Waals surface area contributed by atoms with Gasteiger partial charge in [-0.2, -0.15) is 0 Å². The van der Waals surface area contributed by atoms with Crippen molar-refractivity contribution >= 4 is 22.9 Å². The molecule has 1 aliphatic rings. The lowest BCUT2D eigenvalue weighted by Crippen LogP contribution is -2.44. The molecule has 2 amide bonds. The van der Waals surface area contributed by atoms with Gasteiger partial charge in [-0.25, -0.2) is 0 Å². The van der Waals surface area contributed by atoms with Crippen LogP contribution >= 0.6 is 11.8 Å². The van der Waals surface area contributed by atoms with E-state index in [9.17, 15) is 9.59 Å². The van der Waals surface area contributed by atoms with Crippen molar-refractivity contribution in [2.24, 2.45) is 5.73 Å². The number of amides is 2. The number of benzene rings is 1. The topological polar surface area (TPSA) is 84.2 Å². The van der Waals surface area contributed by atoms with Gasteiger partial charge < -0.3 is 16.4 Å². The van der Waals surface area contributed by atoms with Gasteiger partial charge in [0.25, 0.3) is 5.24 Å². The summed E-state index contributed by atoms with van der Waals surface area (Å²) in [7, 11) is 0. The van der Waals surface area contributed by atoms with Gasteiger partial charge in [-0.3, -0.25) is 9.59 Å². The van der Waals surface area contributed by atoms with Gasteiger partial charge in [-0.05, 0) is 17.0 Å². The van der Waals surface area contributed by atoms with Crippen LogP contribution < -0.4 is 16.4 Å². The van der Waals surface area contributed by atoms with Gasteiger partial charge in [-0.15, -0.1) is 0 Å². The second-order valence-electron chi connectivity index (χ2n) is 5.47. The van der Waals surface area contributed by atoms with Crippen LogP contribution in [0.1, 0.15) is 36.9 Å². The molecule has 114 valence electrons.